The molecule has 1 rings (SSSR count). The van der Waals surface area contributed by atoms with E-state index in [-0.39, 0.29) is 5.78 Å². The van der Waals surface area contributed by atoms with Crippen molar-refractivity contribution in [2.75, 3.05) is 0 Å². The van der Waals surface area contributed by atoms with Crippen LogP contribution >= 0.6 is 11.3 Å². The molecule has 0 saturated carbocycles. The second kappa shape index (κ2) is 4.88. The minimum Gasteiger partial charge on any atom is -0.299 e. The van der Waals surface area contributed by atoms with E-state index in [0.717, 1.165) is 6.42 Å². The van der Waals surface area contributed by atoms with Crippen molar-refractivity contribution in [3.63, 3.8) is 0 Å². The molecule has 2 heteroatoms. The summed E-state index contributed by atoms with van der Waals surface area (Å²) < 4.78 is 0. The summed E-state index contributed by atoms with van der Waals surface area (Å²) in [6.07, 6.45) is 3.69. The lowest BCUT2D eigenvalue weighted by molar-refractivity contribution is -0.118. The van der Waals surface area contributed by atoms with Gasteiger partial charge in [0, 0.05) is 17.7 Å². The smallest absolute Gasteiger partial charge is 0.137 e. The molecule has 0 aliphatic heterocycles. The molecule has 0 saturated heterocycles. The summed E-state index contributed by atoms with van der Waals surface area (Å²) in [6.45, 7) is 3.53. The standard InChI is InChI=1S/C10H12OS/c1-2-4-9(11)6-7-10-5-3-8-12-10/h2-3,5,8H,1,4,6-7H2. The van der Waals surface area contributed by atoms with E-state index in [1.807, 2.05) is 11.4 Å². The molecule has 0 aliphatic rings. The lowest BCUT2D eigenvalue weighted by Gasteiger charge is -1.94. The molecule has 0 spiro atoms. The largest absolute Gasteiger partial charge is 0.299 e. The first kappa shape index (κ1) is 9.20. The zero-order valence-electron chi connectivity index (χ0n) is 6.95. The van der Waals surface area contributed by atoms with Crippen molar-refractivity contribution >= 4 is 17.1 Å². The predicted octanol–water partition coefficient (Wildman–Crippen LogP) is 2.83. The molecule has 64 valence electrons. The van der Waals surface area contributed by atoms with E-state index in [1.54, 1.807) is 17.4 Å². The first-order valence-corrected chi connectivity index (χ1v) is 4.86. The number of thiophene rings is 1. The molecule has 0 aliphatic carbocycles. The van der Waals surface area contributed by atoms with E-state index >= 15 is 0 Å². The average molecular weight is 180 g/mol. The number of hydrogen-bond donors (Lipinski definition) is 0. The van der Waals surface area contributed by atoms with E-state index in [2.05, 4.69) is 12.6 Å². The van der Waals surface area contributed by atoms with Crippen LogP contribution in [0.5, 0.6) is 0 Å². The Kier molecular flexibility index (Phi) is 3.74. The molecule has 1 heterocycles. The second-order valence-corrected chi connectivity index (χ2v) is 3.64. The molecule has 0 N–H and O–H groups in total. The fourth-order valence-corrected chi connectivity index (χ4v) is 1.69. The normalized spacial score (nSPS) is 9.67. The summed E-state index contributed by atoms with van der Waals surface area (Å²) >= 11 is 1.70. The molecule has 1 nitrogen and oxygen atoms in total. The third kappa shape index (κ3) is 3.01. The monoisotopic (exact) mass is 180 g/mol. The number of ketones is 1. The first-order chi connectivity index (χ1) is 5.83. The second-order valence-electron chi connectivity index (χ2n) is 2.61. The van der Waals surface area contributed by atoms with Crippen LogP contribution in [0.4, 0.5) is 0 Å². The van der Waals surface area contributed by atoms with Gasteiger partial charge in [-0.05, 0) is 17.9 Å². The number of allylic oxidation sites excluding steroid dienone is 1. The van der Waals surface area contributed by atoms with Crippen LogP contribution in [0.25, 0.3) is 0 Å². The van der Waals surface area contributed by atoms with Crippen LogP contribution in [-0.4, -0.2) is 5.78 Å². The highest BCUT2D eigenvalue weighted by Gasteiger charge is 2.00. The van der Waals surface area contributed by atoms with Crippen molar-refractivity contribution in [2.24, 2.45) is 0 Å². The molecule has 0 bridgehead atoms. The maximum atomic E-state index is 11.1. The highest BCUT2D eigenvalue weighted by molar-refractivity contribution is 7.09. The van der Waals surface area contributed by atoms with Gasteiger partial charge in [-0.15, -0.1) is 17.9 Å². The molecule has 12 heavy (non-hydrogen) atoms. The maximum Gasteiger partial charge on any atom is 0.137 e. The molecule has 1 aromatic heterocycles. The Bertz CT molecular complexity index is 249. The SMILES string of the molecule is C=CCC(=O)CCc1cccs1. The van der Waals surface area contributed by atoms with Gasteiger partial charge in [0.25, 0.3) is 0 Å². The Morgan fingerprint density at radius 2 is 2.50 bits per heavy atom. The van der Waals surface area contributed by atoms with E-state index in [9.17, 15) is 4.79 Å². The van der Waals surface area contributed by atoms with Crippen LogP contribution in [0.1, 0.15) is 17.7 Å². The fourth-order valence-electron chi connectivity index (χ4n) is 0.981. The van der Waals surface area contributed by atoms with Gasteiger partial charge in [0.2, 0.25) is 0 Å². The zero-order chi connectivity index (χ0) is 8.81. The highest BCUT2D eigenvalue weighted by atomic mass is 32.1. The molecule has 0 aromatic carbocycles. The predicted molar refractivity (Wildman–Crippen MR) is 52.5 cm³/mol. The average Bonchev–Trinajstić information content (AvgIpc) is 2.53. The molecule has 0 unspecified atom stereocenters. The van der Waals surface area contributed by atoms with Crippen molar-refractivity contribution < 1.29 is 4.79 Å². The van der Waals surface area contributed by atoms with Crippen LogP contribution in [0.2, 0.25) is 0 Å². The van der Waals surface area contributed by atoms with Crippen molar-refractivity contribution in [3.8, 4) is 0 Å². The fraction of sp³-hybridized carbons (Fsp3) is 0.300. The Balaban J connectivity index is 2.26. The Morgan fingerprint density at radius 3 is 3.08 bits per heavy atom. The summed E-state index contributed by atoms with van der Waals surface area (Å²) in [5, 5.41) is 2.04. The van der Waals surface area contributed by atoms with E-state index in [0.29, 0.717) is 12.8 Å². The van der Waals surface area contributed by atoms with Gasteiger partial charge in [-0.25, -0.2) is 0 Å². The van der Waals surface area contributed by atoms with Crippen LogP contribution in [0.15, 0.2) is 30.2 Å². The summed E-state index contributed by atoms with van der Waals surface area (Å²) in [5.41, 5.74) is 0. The van der Waals surface area contributed by atoms with Gasteiger partial charge in [0.05, 0.1) is 0 Å². The quantitative estimate of drug-likeness (QED) is 0.637. The molecule has 0 atom stereocenters. The molecule has 0 amide bonds. The minimum absolute atomic E-state index is 0.276. The molecule has 1 aromatic rings. The topological polar surface area (TPSA) is 17.1 Å². The van der Waals surface area contributed by atoms with Gasteiger partial charge >= 0.3 is 0 Å². The number of rotatable bonds is 5. The van der Waals surface area contributed by atoms with Crippen molar-refractivity contribution in [1.82, 2.24) is 0 Å². The number of aryl methyl sites for hydroxylation is 1. The van der Waals surface area contributed by atoms with Crippen LogP contribution in [-0.2, 0) is 11.2 Å². The van der Waals surface area contributed by atoms with E-state index in [1.165, 1.54) is 4.88 Å². The van der Waals surface area contributed by atoms with Gasteiger partial charge in [-0.3, -0.25) is 4.79 Å². The zero-order valence-corrected chi connectivity index (χ0v) is 7.77. The highest BCUT2D eigenvalue weighted by Crippen LogP contribution is 2.11. The van der Waals surface area contributed by atoms with Crippen molar-refractivity contribution in [1.29, 1.82) is 0 Å². The third-order valence-corrected chi connectivity index (χ3v) is 2.54. The van der Waals surface area contributed by atoms with Crippen molar-refractivity contribution in [3.05, 3.63) is 35.0 Å². The minimum atomic E-state index is 0.276. The Morgan fingerprint density at radius 1 is 1.67 bits per heavy atom. The molecule has 0 radical (unpaired) electrons. The van der Waals surface area contributed by atoms with Gasteiger partial charge < -0.3 is 0 Å². The number of Topliss-reactive ketones (excluding diaryl/α,β-unsaturated/α-hetero) is 1. The Labute approximate surface area is 76.7 Å². The number of hydrogen-bond acceptors (Lipinski definition) is 2. The molecule has 0 fully saturated rings. The van der Waals surface area contributed by atoms with Gasteiger partial charge in [-0.1, -0.05) is 12.1 Å². The van der Waals surface area contributed by atoms with Gasteiger partial charge in [0.15, 0.2) is 0 Å². The number of carbonyl (C=O) groups excluding carboxylic acids is 1. The maximum absolute atomic E-state index is 11.1. The Hall–Kier alpha value is -0.890. The first-order valence-electron chi connectivity index (χ1n) is 3.98. The van der Waals surface area contributed by atoms with Crippen LogP contribution in [0, 0.1) is 0 Å². The lowest BCUT2D eigenvalue weighted by Crippen LogP contribution is -1.96. The summed E-state index contributed by atoms with van der Waals surface area (Å²) in [6, 6.07) is 4.07. The van der Waals surface area contributed by atoms with E-state index < -0.39 is 0 Å². The van der Waals surface area contributed by atoms with Gasteiger partial charge in [-0.2, -0.15) is 0 Å². The van der Waals surface area contributed by atoms with Crippen LogP contribution < -0.4 is 0 Å². The van der Waals surface area contributed by atoms with Crippen LogP contribution in [0.3, 0.4) is 0 Å². The third-order valence-electron chi connectivity index (χ3n) is 1.60. The summed E-state index contributed by atoms with van der Waals surface area (Å²) in [5.74, 6) is 0.276. The van der Waals surface area contributed by atoms with E-state index in [4.69, 9.17) is 0 Å². The van der Waals surface area contributed by atoms with Crippen molar-refractivity contribution in [2.45, 2.75) is 19.3 Å². The number of carbonyl (C=O) groups is 1. The molecular formula is C10H12OS. The lowest BCUT2D eigenvalue weighted by atomic mass is 10.1. The molecular weight excluding hydrogens is 168 g/mol. The summed E-state index contributed by atoms with van der Waals surface area (Å²) in [7, 11) is 0. The summed E-state index contributed by atoms with van der Waals surface area (Å²) in [4.78, 5) is 12.4. The van der Waals surface area contributed by atoms with Gasteiger partial charge in [0.1, 0.15) is 5.78 Å².